The van der Waals surface area contributed by atoms with Crippen LogP contribution in [-0.2, 0) is 0 Å². The molecule has 0 unspecified atom stereocenters. The van der Waals surface area contributed by atoms with Crippen LogP contribution in [0.4, 0.5) is 11.4 Å². The van der Waals surface area contributed by atoms with Gasteiger partial charge in [-0.05, 0) is 43.9 Å². The second-order valence-electron chi connectivity index (χ2n) is 4.56. The first-order chi connectivity index (χ1) is 7.72. The summed E-state index contributed by atoms with van der Waals surface area (Å²) in [6, 6.07) is 6.66. The van der Waals surface area contributed by atoms with E-state index in [0.29, 0.717) is 12.6 Å². The Balaban J connectivity index is 2.25. The summed E-state index contributed by atoms with van der Waals surface area (Å²) >= 11 is 0. The third-order valence-electron chi connectivity index (χ3n) is 3.35. The fourth-order valence-corrected chi connectivity index (χ4v) is 2.21. The van der Waals surface area contributed by atoms with Gasteiger partial charge < -0.3 is 15.7 Å². The minimum absolute atomic E-state index is 0.184. The molecule has 0 spiro atoms. The minimum atomic E-state index is 0.184. The van der Waals surface area contributed by atoms with Gasteiger partial charge in [0.1, 0.15) is 0 Å². The molecule has 0 atom stereocenters. The Hall–Kier alpha value is -1.22. The predicted octanol–water partition coefficient (Wildman–Crippen LogP) is 1.93. The van der Waals surface area contributed by atoms with E-state index in [0.717, 1.165) is 11.4 Å². The van der Waals surface area contributed by atoms with Gasteiger partial charge in [-0.2, -0.15) is 0 Å². The van der Waals surface area contributed by atoms with Crippen molar-refractivity contribution < 1.29 is 5.11 Å². The molecule has 0 amide bonds. The molecule has 88 valence electrons. The number of nitrogen functional groups attached to an aromatic ring is 1. The van der Waals surface area contributed by atoms with Crippen molar-refractivity contribution in [2.45, 2.75) is 32.2 Å². The number of nitrogens with zero attached hydrogens (tertiary/aromatic N) is 1. The van der Waals surface area contributed by atoms with Crippen molar-refractivity contribution in [2.24, 2.45) is 0 Å². The van der Waals surface area contributed by atoms with Crippen molar-refractivity contribution in [2.75, 3.05) is 23.8 Å². The number of nitrogens with two attached hydrogens (primary N) is 1. The first kappa shape index (κ1) is 11.3. The molecule has 3 heteroatoms. The molecule has 1 aromatic carbocycles. The summed E-state index contributed by atoms with van der Waals surface area (Å²) in [5.74, 6) is 0. The van der Waals surface area contributed by atoms with Crippen molar-refractivity contribution in [1.29, 1.82) is 0 Å². The third kappa shape index (κ3) is 2.14. The molecule has 3 N–H and O–H groups in total. The lowest BCUT2D eigenvalue weighted by Crippen LogP contribution is -2.42. The number of hydrogen-bond acceptors (Lipinski definition) is 3. The van der Waals surface area contributed by atoms with Crippen LogP contribution in [0.15, 0.2) is 18.2 Å². The summed E-state index contributed by atoms with van der Waals surface area (Å²) in [6.45, 7) is 2.93. The molecule has 3 nitrogen and oxygen atoms in total. The number of aliphatic hydroxyl groups excluding tert-OH is 1. The Kier molecular flexibility index (Phi) is 3.34. The van der Waals surface area contributed by atoms with Crippen LogP contribution in [0, 0.1) is 6.92 Å². The zero-order chi connectivity index (χ0) is 11.5. The normalized spacial score (nSPS) is 15.9. The number of hydrogen-bond donors (Lipinski definition) is 2. The molecular formula is C13H20N2O. The Labute approximate surface area is 96.9 Å². The fourth-order valence-electron chi connectivity index (χ4n) is 2.21. The van der Waals surface area contributed by atoms with Crippen LogP contribution in [0.3, 0.4) is 0 Å². The summed E-state index contributed by atoms with van der Waals surface area (Å²) in [5.41, 5.74) is 9.12. The average Bonchev–Trinajstić information content (AvgIpc) is 2.18. The first-order valence-electron chi connectivity index (χ1n) is 5.96. The molecule has 0 radical (unpaired) electrons. The highest BCUT2D eigenvalue weighted by atomic mass is 16.3. The maximum absolute atomic E-state index is 9.14. The molecule has 2 rings (SSSR count). The van der Waals surface area contributed by atoms with E-state index in [1.165, 1.54) is 24.8 Å². The molecule has 1 aliphatic rings. The van der Waals surface area contributed by atoms with Gasteiger partial charge in [0.15, 0.2) is 0 Å². The van der Waals surface area contributed by atoms with Gasteiger partial charge in [-0.15, -0.1) is 0 Å². The molecule has 1 aliphatic carbocycles. The quantitative estimate of drug-likeness (QED) is 0.762. The first-order valence-corrected chi connectivity index (χ1v) is 5.96. The summed E-state index contributed by atoms with van der Waals surface area (Å²) in [5, 5.41) is 9.14. The number of rotatable bonds is 4. The maximum atomic E-state index is 9.14. The van der Waals surface area contributed by atoms with E-state index in [9.17, 15) is 0 Å². The van der Waals surface area contributed by atoms with Crippen LogP contribution >= 0.6 is 0 Å². The van der Waals surface area contributed by atoms with Crippen molar-refractivity contribution in [3.8, 4) is 0 Å². The maximum Gasteiger partial charge on any atom is 0.0606 e. The topological polar surface area (TPSA) is 49.5 Å². The third-order valence-corrected chi connectivity index (χ3v) is 3.35. The SMILES string of the molecule is Cc1ccc(N)c(N(CCO)C2CCC2)c1. The lowest BCUT2D eigenvalue weighted by molar-refractivity contribution is 0.284. The van der Waals surface area contributed by atoms with Crippen molar-refractivity contribution in [3.63, 3.8) is 0 Å². The number of aliphatic hydroxyl groups is 1. The van der Waals surface area contributed by atoms with Crippen molar-refractivity contribution >= 4 is 11.4 Å². The van der Waals surface area contributed by atoms with Gasteiger partial charge in [0.05, 0.1) is 18.0 Å². The highest BCUT2D eigenvalue weighted by molar-refractivity contribution is 5.69. The smallest absolute Gasteiger partial charge is 0.0606 e. The lowest BCUT2D eigenvalue weighted by Gasteiger charge is -2.39. The van der Waals surface area contributed by atoms with E-state index in [4.69, 9.17) is 10.8 Å². The van der Waals surface area contributed by atoms with E-state index in [1.807, 2.05) is 12.1 Å². The van der Waals surface area contributed by atoms with Crippen LogP contribution in [0.5, 0.6) is 0 Å². The number of benzene rings is 1. The summed E-state index contributed by atoms with van der Waals surface area (Å²) in [7, 11) is 0. The van der Waals surface area contributed by atoms with Crippen LogP contribution in [-0.4, -0.2) is 24.3 Å². The van der Waals surface area contributed by atoms with Crippen LogP contribution in [0.1, 0.15) is 24.8 Å². The van der Waals surface area contributed by atoms with E-state index in [1.54, 1.807) is 0 Å². The van der Waals surface area contributed by atoms with Crippen LogP contribution < -0.4 is 10.6 Å². The molecule has 0 bridgehead atoms. The van der Waals surface area contributed by atoms with E-state index in [2.05, 4.69) is 17.9 Å². The fraction of sp³-hybridized carbons (Fsp3) is 0.538. The van der Waals surface area contributed by atoms with Gasteiger partial charge >= 0.3 is 0 Å². The monoisotopic (exact) mass is 220 g/mol. The highest BCUT2D eigenvalue weighted by Crippen LogP contribution is 2.33. The molecule has 1 saturated carbocycles. The summed E-state index contributed by atoms with van der Waals surface area (Å²) in [6.07, 6.45) is 3.72. The standard InChI is InChI=1S/C13H20N2O/c1-10-5-6-12(14)13(9-10)15(7-8-16)11-3-2-4-11/h5-6,9,11,16H,2-4,7-8,14H2,1H3. The zero-order valence-electron chi connectivity index (χ0n) is 9.82. The molecule has 0 heterocycles. The summed E-state index contributed by atoms with van der Waals surface area (Å²) < 4.78 is 0. The van der Waals surface area contributed by atoms with Gasteiger partial charge in [0, 0.05) is 12.6 Å². The largest absolute Gasteiger partial charge is 0.397 e. The molecule has 1 fully saturated rings. The second-order valence-corrected chi connectivity index (χ2v) is 4.56. The predicted molar refractivity (Wildman–Crippen MR) is 67.7 cm³/mol. The minimum Gasteiger partial charge on any atom is -0.397 e. The lowest BCUT2D eigenvalue weighted by atomic mass is 9.90. The molecule has 16 heavy (non-hydrogen) atoms. The Morgan fingerprint density at radius 2 is 2.19 bits per heavy atom. The Morgan fingerprint density at radius 3 is 2.75 bits per heavy atom. The van der Waals surface area contributed by atoms with Crippen LogP contribution in [0.25, 0.3) is 0 Å². The van der Waals surface area contributed by atoms with Gasteiger partial charge in [-0.3, -0.25) is 0 Å². The highest BCUT2D eigenvalue weighted by Gasteiger charge is 2.25. The zero-order valence-corrected chi connectivity index (χ0v) is 9.82. The van der Waals surface area contributed by atoms with Gasteiger partial charge in [-0.25, -0.2) is 0 Å². The van der Waals surface area contributed by atoms with Crippen LogP contribution in [0.2, 0.25) is 0 Å². The van der Waals surface area contributed by atoms with E-state index in [-0.39, 0.29) is 6.61 Å². The molecular weight excluding hydrogens is 200 g/mol. The Bertz CT molecular complexity index is 361. The molecule has 1 aromatic rings. The molecule has 0 saturated heterocycles. The molecule has 0 aromatic heterocycles. The van der Waals surface area contributed by atoms with E-state index >= 15 is 0 Å². The van der Waals surface area contributed by atoms with Crippen molar-refractivity contribution in [3.05, 3.63) is 23.8 Å². The second kappa shape index (κ2) is 4.74. The molecule has 0 aliphatic heterocycles. The van der Waals surface area contributed by atoms with Gasteiger partial charge in [0.2, 0.25) is 0 Å². The Morgan fingerprint density at radius 1 is 1.44 bits per heavy atom. The number of aryl methyl sites for hydroxylation is 1. The van der Waals surface area contributed by atoms with Crippen molar-refractivity contribution in [1.82, 2.24) is 0 Å². The van der Waals surface area contributed by atoms with E-state index < -0.39 is 0 Å². The van der Waals surface area contributed by atoms with Gasteiger partial charge in [-0.1, -0.05) is 6.07 Å². The number of anilines is 2. The van der Waals surface area contributed by atoms with Gasteiger partial charge in [0.25, 0.3) is 0 Å². The summed E-state index contributed by atoms with van der Waals surface area (Å²) in [4.78, 5) is 2.26. The average molecular weight is 220 g/mol.